The summed E-state index contributed by atoms with van der Waals surface area (Å²) < 4.78 is 35.2. The molecule has 0 aromatic heterocycles. The van der Waals surface area contributed by atoms with Crippen LogP contribution in [0.3, 0.4) is 0 Å². The Morgan fingerprint density at radius 1 is 0.868 bits per heavy atom. The molecule has 1 N–H and O–H groups in total. The first kappa shape index (κ1) is 25.9. The summed E-state index contributed by atoms with van der Waals surface area (Å²) in [6.07, 6.45) is 0.487. The first-order chi connectivity index (χ1) is 18.0. The van der Waals surface area contributed by atoms with Crippen molar-refractivity contribution >= 4 is 44.4 Å². The Balaban J connectivity index is 1.39. The van der Waals surface area contributed by atoms with Crippen LogP contribution < -0.4 is 9.62 Å². The van der Waals surface area contributed by atoms with Gasteiger partial charge in [0.25, 0.3) is 11.8 Å². The number of hydrogen-bond acceptors (Lipinski definition) is 6. The minimum absolute atomic E-state index is 0.0584. The van der Waals surface area contributed by atoms with E-state index in [0.717, 1.165) is 4.90 Å². The molecule has 0 radical (unpaired) electrons. The summed E-state index contributed by atoms with van der Waals surface area (Å²) in [6, 6.07) is 16.0. The van der Waals surface area contributed by atoms with E-state index < -0.39 is 33.5 Å². The van der Waals surface area contributed by atoms with Crippen LogP contribution in [0.1, 0.15) is 54.3 Å². The number of carbonyl (C=O) groups excluding carboxylic acids is 3. The molecule has 0 aliphatic carbocycles. The van der Waals surface area contributed by atoms with E-state index >= 15 is 0 Å². The van der Waals surface area contributed by atoms with Gasteiger partial charge in [0.05, 0.1) is 21.7 Å². The SMILES string of the molecule is CC(C)(C)OC(=O)N1CCC(NS(=O)(=O)c2ccc(N3C(=O)c4ccccc4C3=O)c3ccccc23)CC1. The number of likely N-dealkylation sites (tertiary alicyclic amines) is 1. The highest BCUT2D eigenvalue weighted by molar-refractivity contribution is 7.89. The molecule has 1 saturated heterocycles. The number of benzene rings is 3. The molecule has 0 bridgehead atoms. The smallest absolute Gasteiger partial charge is 0.410 e. The Kier molecular flexibility index (Phi) is 6.48. The molecule has 2 aliphatic heterocycles. The largest absolute Gasteiger partial charge is 0.444 e. The minimum atomic E-state index is -3.95. The summed E-state index contributed by atoms with van der Waals surface area (Å²) in [5.74, 6) is -0.887. The molecule has 0 unspecified atom stereocenters. The van der Waals surface area contributed by atoms with E-state index in [4.69, 9.17) is 4.74 Å². The van der Waals surface area contributed by atoms with Gasteiger partial charge in [0.15, 0.2) is 0 Å². The Hall–Kier alpha value is -3.76. The van der Waals surface area contributed by atoms with Gasteiger partial charge in [-0.3, -0.25) is 9.59 Å². The van der Waals surface area contributed by atoms with Gasteiger partial charge in [-0.1, -0.05) is 36.4 Å². The molecule has 198 valence electrons. The Labute approximate surface area is 221 Å². The van der Waals surface area contributed by atoms with E-state index in [1.165, 1.54) is 12.1 Å². The van der Waals surface area contributed by atoms with Crippen LogP contribution in [-0.4, -0.2) is 56.0 Å². The van der Waals surface area contributed by atoms with Gasteiger partial charge in [-0.15, -0.1) is 0 Å². The normalized spacial score (nSPS) is 16.7. The quantitative estimate of drug-likeness (QED) is 0.498. The number of piperidine rings is 1. The fraction of sp³-hybridized carbons (Fsp3) is 0.321. The second-order valence-corrected chi connectivity index (χ2v) is 12.2. The fourth-order valence-corrected chi connectivity index (χ4v) is 6.40. The van der Waals surface area contributed by atoms with E-state index in [1.54, 1.807) is 74.2 Å². The van der Waals surface area contributed by atoms with Gasteiger partial charge in [0.2, 0.25) is 10.0 Å². The van der Waals surface area contributed by atoms with Gasteiger partial charge in [-0.2, -0.15) is 0 Å². The Bertz CT molecular complexity index is 1520. The van der Waals surface area contributed by atoms with Crippen LogP contribution in [0.25, 0.3) is 10.8 Å². The molecule has 5 rings (SSSR count). The van der Waals surface area contributed by atoms with Crippen molar-refractivity contribution < 1.29 is 27.5 Å². The lowest BCUT2D eigenvalue weighted by Crippen LogP contribution is -2.47. The zero-order valence-corrected chi connectivity index (χ0v) is 22.2. The van der Waals surface area contributed by atoms with Crippen LogP contribution in [0.4, 0.5) is 10.5 Å². The number of ether oxygens (including phenoxy) is 1. The van der Waals surface area contributed by atoms with E-state index in [1.807, 2.05) is 0 Å². The van der Waals surface area contributed by atoms with Crippen molar-refractivity contribution in [2.75, 3.05) is 18.0 Å². The number of carbonyl (C=O) groups is 3. The second-order valence-electron chi connectivity index (χ2n) is 10.5. The first-order valence-corrected chi connectivity index (χ1v) is 13.9. The van der Waals surface area contributed by atoms with E-state index in [2.05, 4.69) is 4.72 Å². The lowest BCUT2D eigenvalue weighted by Gasteiger charge is -2.33. The molecule has 0 atom stereocenters. The fourth-order valence-electron chi connectivity index (χ4n) is 4.88. The number of hydrogen-bond donors (Lipinski definition) is 1. The van der Waals surface area contributed by atoms with Crippen molar-refractivity contribution in [3.8, 4) is 0 Å². The van der Waals surface area contributed by atoms with Gasteiger partial charge in [-0.25, -0.2) is 22.8 Å². The number of fused-ring (bicyclic) bond motifs is 2. The van der Waals surface area contributed by atoms with Crippen molar-refractivity contribution in [2.45, 2.75) is 50.2 Å². The number of sulfonamides is 1. The molecule has 38 heavy (non-hydrogen) atoms. The van der Waals surface area contributed by atoms with Gasteiger partial charge in [0.1, 0.15) is 5.60 Å². The van der Waals surface area contributed by atoms with Crippen LogP contribution in [0.2, 0.25) is 0 Å². The van der Waals surface area contributed by atoms with Crippen LogP contribution in [-0.2, 0) is 14.8 Å². The summed E-state index contributed by atoms with van der Waals surface area (Å²) in [6.45, 7) is 6.16. The van der Waals surface area contributed by atoms with Crippen molar-refractivity contribution in [3.05, 3.63) is 71.8 Å². The average Bonchev–Trinajstić information content (AvgIpc) is 3.12. The van der Waals surface area contributed by atoms with Gasteiger partial charge < -0.3 is 9.64 Å². The first-order valence-electron chi connectivity index (χ1n) is 12.5. The van der Waals surface area contributed by atoms with Crippen molar-refractivity contribution in [3.63, 3.8) is 0 Å². The van der Waals surface area contributed by atoms with Gasteiger partial charge in [0, 0.05) is 29.9 Å². The molecule has 3 aromatic rings. The summed E-state index contributed by atoms with van der Waals surface area (Å²) in [4.78, 5) is 41.3. The average molecular weight is 536 g/mol. The number of nitrogens with zero attached hydrogens (tertiary/aromatic N) is 2. The highest BCUT2D eigenvalue weighted by atomic mass is 32.2. The molecule has 10 heteroatoms. The highest BCUT2D eigenvalue weighted by Gasteiger charge is 2.38. The molecule has 0 spiro atoms. The standard InChI is InChI=1S/C28H29N3O6S/c1-28(2,3)37-27(34)30-16-14-18(15-17-30)29-38(35,36)24-13-12-23(19-8-4-5-9-20(19)24)31-25(32)21-10-6-7-11-22(21)26(31)33/h4-13,18,29H,14-17H2,1-3H3. The minimum Gasteiger partial charge on any atom is -0.444 e. The lowest BCUT2D eigenvalue weighted by molar-refractivity contribution is 0.0203. The predicted octanol–water partition coefficient (Wildman–Crippen LogP) is 4.32. The molecule has 0 saturated carbocycles. The lowest BCUT2D eigenvalue weighted by atomic mass is 10.1. The molecular weight excluding hydrogens is 506 g/mol. The van der Waals surface area contributed by atoms with Crippen molar-refractivity contribution in [2.24, 2.45) is 0 Å². The maximum atomic E-state index is 13.5. The maximum Gasteiger partial charge on any atom is 0.410 e. The number of rotatable bonds is 4. The van der Waals surface area contributed by atoms with Gasteiger partial charge >= 0.3 is 6.09 Å². The highest BCUT2D eigenvalue weighted by Crippen LogP contribution is 2.36. The molecule has 3 amide bonds. The Morgan fingerprint density at radius 2 is 1.42 bits per heavy atom. The zero-order valence-electron chi connectivity index (χ0n) is 21.4. The molecular formula is C28H29N3O6S. The zero-order chi connectivity index (χ0) is 27.2. The summed E-state index contributed by atoms with van der Waals surface area (Å²) in [7, 11) is -3.95. The maximum absolute atomic E-state index is 13.5. The topological polar surface area (TPSA) is 113 Å². The summed E-state index contributed by atoms with van der Waals surface area (Å²) in [5.41, 5.74) is 0.363. The summed E-state index contributed by atoms with van der Waals surface area (Å²) in [5, 5.41) is 0.880. The molecule has 1 fully saturated rings. The number of imide groups is 1. The molecule has 9 nitrogen and oxygen atoms in total. The third kappa shape index (κ3) is 4.77. The van der Waals surface area contributed by atoms with E-state index in [9.17, 15) is 22.8 Å². The number of nitrogens with one attached hydrogen (secondary N) is 1. The van der Waals surface area contributed by atoms with Crippen LogP contribution in [0.15, 0.2) is 65.6 Å². The number of amides is 3. The number of anilines is 1. The van der Waals surface area contributed by atoms with Crippen LogP contribution in [0.5, 0.6) is 0 Å². The van der Waals surface area contributed by atoms with Crippen LogP contribution in [0, 0.1) is 0 Å². The van der Waals surface area contributed by atoms with Crippen molar-refractivity contribution in [1.82, 2.24) is 9.62 Å². The van der Waals surface area contributed by atoms with Gasteiger partial charge in [-0.05, 0) is 57.9 Å². The van der Waals surface area contributed by atoms with Crippen LogP contribution >= 0.6 is 0 Å². The van der Waals surface area contributed by atoms with E-state index in [0.29, 0.717) is 53.5 Å². The molecule has 2 heterocycles. The third-order valence-electron chi connectivity index (χ3n) is 6.65. The molecule has 2 aliphatic rings. The molecule has 3 aromatic carbocycles. The summed E-state index contributed by atoms with van der Waals surface area (Å²) >= 11 is 0. The second kappa shape index (κ2) is 9.52. The van der Waals surface area contributed by atoms with Crippen molar-refractivity contribution in [1.29, 1.82) is 0 Å². The third-order valence-corrected chi connectivity index (χ3v) is 8.23. The van der Waals surface area contributed by atoms with E-state index in [-0.39, 0.29) is 10.9 Å². The monoisotopic (exact) mass is 535 g/mol. The predicted molar refractivity (Wildman–Crippen MR) is 143 cm³/mol. The Morgan fingerprint density at radius 3 is 2.00 bits per heavy atom.